The highest BCUT2D eigenvalue weighted by Gasteiger charge is 2.33. The molecule has 1 aliphatic heterocycles. The van der Waals surface area contributed by atoms with Gasteiger partial charge in [0.2, 0.25) is 0 Å². The van der Waals surface area contributed by atoms with Gasteiger partial charge < -0.3 is 5.32 Å². The molecule has 3 heteroatoms. The van der Waals surface area contributed by atoms with E-state index in [1.165, 1.54) is 37.2 Å². The number of likely N-dealkylation sites (tertiary alicyclic amines) is 1. The summed E-state index contributed by atoms with van der Waals surface area (Å²) in [6.45, 7) is 8.04. The van der Waals surface area contributed by atoms with Crippen molar-refractivity contribution < 1.29 is 0 Å². The maximum Gasteiger partial charge on any atom is 0.0479 e. The lowest BCUT2D eigenvalue weighted by molar-refractivity contribution is 0.276. The minimum Gasteiger partial charge on any atom is -0.316 e. The Hall–Kier alpha value is -0.380. The predicted molar refractivity (Wildman–Crippen MR) is 80.3 cm³/mol. The molecule has 102 valence electrons. The molecule has 0 spiro atoms. The fourth-order valence-electron chi connectivity index (χ4n) is 2.90. The molecule has 2 unspecified atom stereocenters. The lowest BCUT2D eigenvalue weighted by Gasteiger charge is -2.24. The molecule has 0 bridgehead atoms. The van der Waals surface area contributed by atoms with Gasteiger partial charge in [-0.3, -0.25) is 4.90 Å². The van der Waals surface area contributed by atoms with Crippen LogP contribution >= 0.6 is 11.3 Å². The highest BCUT2D eigenvalue weighted by Crippen LogP contribution is 2.38. The van der Waals surface area contributed by atoms with E-state index >= 15 is 0 Å². The third-order valence-corrected chi connectivity index (χ3v) is 5.23. The molecule has 1 aromatic rings. The van der Waals surface area contributed by atoms with Crippen molar-refractivity contribution in [3.8, 4) is 0 Å². The van der Waals surface area contributed by atoms with Gasteiger partial charge in [0.15, 0.2) is 0 Å². The average Bonchev–Trinajstić information content (AvgIpc) is 2.96. The average molecular weight is 266 g/mol. The minimum atomic E-state index is 0.639. The van der Waals surface area contributed by atoms with Gasteiger partial charge in [0, 0.05) is 15.8 Å². The van der Waals surface area contributed by atoms with Gasteiger partial charge in [-0.2, -0.15) is 0 Å². The van der Waals surface area contributed by atoms with Crippen molar-refractivity contribution in [3.05, 3.63) is 21.9 Å². The molecule has 0 amide bonds. The van der Waals surface area contributed by atoms with Crippen molar-refractivity contribution in [1.29, 1.82) is 0 Å². The Morgan fingerprint density at radius 3 is 2.89 bits per heavy atom. The molecule has 1 fully saturated rings. The van der Waals surface area contributed by atoms with Crippen molar-refractivity contribution in [2.45, 2.75) is 39.2 Å². The summed E-state index contributed by atoms with van der Waals surface area (Å²) < 4.78 is 0. The second-order valence-corrected chi connectivity index (χ2v) is 6.54. The molecule has 2 rings (SSSR count). The molecule has 1 saturated heterocycles. The van der Waals surface area contributed by atoms with Crippen LogP contribution in [-0.4, -0.2) is 31.6 Å². The number of nitrogens with one attached hydrogen (secondary N) is 1. The van der Waals surface area contributed by atoms with Crippen molar-refractivity contribution in [1.82, 2.24) is 10.2 Å². The number of rotatable bonds is 6. The van der Waals surface area contributed by atoms with Crippen LogP contribution in [0.25, 0.3) is 0 Å². The number of thiophene rings is 1. The number of hydrogen-bond donors (Lipinski definition) is 1. The van der Waals surface area contributed by atoms with Crippen molar-refractivity contribution in [3.63, 3.8) is 0 Å². The van der Waals surface area contributed by atoms with Crippen LogP contribution in [0.3, 0.4) is 0 Å². The zero-order valence-electron chi connectivity index (χ0n) is 11.9. The first kappa shape index (κ1) is 14.0. The molecule has 1 aliphatic rings. The Kier molecular flexibility index (Phi) is 5.22. The second-order valence-electron chi connectivity index (χ2n) is 5.34. The maximum absolute atomic E-state index is 3.60. The molecule has 0 saturated carbocycles. The fraction of sp³-hybridized carbons (Fsp3) is 0.733. The second kappa shape index (κ2) is 6.69. The summed E-state index contributed by atoms with van der Waals surface area (Å²) in [7, 11) is 2.27. The third-order valence-electron chi connectivity index (χ3n) is 3.93. The monoisotopic (exact) mass is 266 g/mol. The highest BCUT2D eigenvalue weighted by atomic mass is 32.1. The van der Waals surface area contributed by atoms with Gasteiger partial charge in [0.1, 0.15) is 0 Å². The smallest absolute Gasteiger partial charge is 0.0479 e. The van der Waals surface area contributed by atoms with Crippen LogP contribution in [0.2, 0.25) is 0 Å². The molecule has 2 heterocycles. The van der Waals surface area contributed by atoms with Gasteiger partial charge in [-0.05, 0) is 64.0 Å². The number of nitrogens with zero attached hydrogens (tertiary/aromatic N) is 1. The summed E-state index contributed by atoms with van der Waals surface area (Å²) in [5.41, 5.74) is 0. The van der Waals surface area contributed by atoms with Gasteiger partial charge in [0.25, 0.3) is 0 Å². The zero-order chi connectivity index (χ0) is 13.0. The normalized spacial score (nSPS) is 24.8. The molecule has 1 N–H and O–H groups in total. The Morgan fingerprint density at radius 1 is 1.39 bits per heavy atom. The van der Waals surface area contributed by atoms with Gasteiger partial charge in [0.05, 0.1) is 0 Å². The molecule has 2 nitrogen and oxygen atoms in total. The first-order valence-electron chi connectivity index (χ1n) is 7.25. The summed E-state index contributed by atoms with van der Waals surface area (Å²) in [5.74, 6) is 0.782. The summed E-state index contributed by atoms with van der Waals surface area (Å²) in [6.07, 6.45) is 3.73. The van der Waals surface area contributed by atoms with E-state index in [0.29, 0.717) is 6.04 Å². The van der Waals surface area contributed by atoms with Gasteiger partial charge in [-0.25, -0.2) is 0 Å². The van der Waals surface area contributed by atoms with E-state index in [1.54, 1.807) is 4.88 Å². The number of hydrogen-bond acceptors (Lipinski definition) is 3. The minimum absolute atomic E-state index is 0.639. The molecular formula is C15H26N2S. The Morgan fingerprint density at radius 2 is 2.22 bits per heavy atom. The van der Waals surface area contributed by atoms with Crippen LogP contribution in [-0.2, 0) is 6.42 Å². The van der Waals surface area contributed by atoms with Crippen LogP contribution in [0.4, 0.5) is 0 Å². The predicted octanol–water partition coefficient (Wildman–Crippen LogP) is 3.30. The molecule has 2 atom stereocenters. The zero-order valence-corrected chi connectivity index (χ0v) is 12.7. The topological polar surface area (TPSA) is 15.3 Å². The quantitative estimate of drug-likeness (QED) is 0.795. The summed E-state index contributed by atoms with van der Waals surface area (Å²) >= 11 is 2.01. The first-order chi connectivity index (χ1) is 8.76. The standard InChI is InChI=1S/C15H26N2S/c1-4-9-16-11-12-8-10-17(3)15(12)14-7-6-13(5-2)18-14/h6-7,12,15-16H,4-5,8-11H2,1-3H3. The van der Waals surface area contributed by atoms with Crippen LogP contribution in [0.5, 0.6) is 0 Å². The summed E-state index contributed by atoms with van der Waals surface area (Å²) in [5, 5.41) is 3.60. The molecular weight excluding hydrogens is 240 g/mol. The Bertz CT molecular complexity index is 361. The van der Waals surface area contributed by atoms with E-state index in [2.05, 4.69) is 43.2 Å². The maximum atomic E-state index is 3.60. The summed E-state index contributed by atoms with van der Waals surface area (Å²) in [6, 6.07) is 5.30. The van der Waals surface area contributed by atoms with Crippen molar-refractivity contribution in [2.75, 3.05) is 26.7 Å². The molecule has 0 radical (unpaired) electrons. The Labute approximate surface area is 115 Å². The van der Waals surface area contributed by atoms with Gasteiger partial charge in [-0.15, -0.1) is 11.3 Å². The lowest BCUT2D eigenvalue weighted by atomic mass is 9.99. The van der Waals surface area contributed by atoms with E-state index in [4.69, 9.17) is 0 Å². The van der Waals surface area contributed by atoms with Crippen molar-refractivity contribution in [2.24, 2.45) is 5.92 Å². The van der Waals surface area contributed by atoms with Crippen LogP contribution in [0.15, 0.2) is 12.1 Å². The van der Waals surface area contributed by atoms with E-state index in [9.17, 15) is 0 Å². The fourth-order valence-corrected chi connectivity index (χ4v) is 4.11. The van der Waals surface area contributed by atoms with E-state index < -0.39 is 0 Å². The van der Waals surface area contributed by atoms with Crippen LogP contribution < -0.4 is 5.32 Å². The third kappa shape index (κ3) is 3.14. The molecule has 1 aromatic heterocycles. The van der Waals surface area contributed by atoms with Gasteiger partial charge >= 0.3 is 0 Å². The van der Waals surface area contributed by atoms with E-state index in [1.807, 2.05) is 11.3 Å². The molecule has 0 aromatic carbocycles. The van der Waals surface area contributed by atoms with E-state index in [-0.39, 0.29) is 0 Å². The SMILES string of the molecule is CCCNCC1CCN(C)C1c1ccc(CC)s1. The molecule has 0 aliphatic carbocycles. The lowest BCUT2D eigenvalue weighted by Crippen LogP contribution is -2.28. The highest BCUT2D eigenvalue weighted by molar-refractivity contribution is 7.12. The van der Waals surface area contributed by atoms with E-state index in [0.717, 1.165) is 12.5 Å². The van der Waals surface area contributed by atoms with Crippen LogP contribution in [0, 0.1) is 5.92 Å². The summed E-state index contributed by atoms with van der Waals surface area (Å²) in [4.78, 5) is 5.62. The first-order valence-corrected chi connectivity index (χ1v) is 8.07. The molecule has 18 heavy (non-hydrogen) atoms. The Balaban J connectivity index is 2.02. The largest absolute Gasteiger partial charge is 0.316 e. The number of aryl methyl sites for hydroxylation is 1. The van der Waals surface area contributed by atoms with Crippen LogP contribution in [0.1, 0.15) is 42.5 Å². The van der Waals surface area contributed by atoms with Gasteiger partial charge in [-0.1, -0.05) is 13.8 Å². The van der Waals surface area contributed by atoms with Crippen molar-refractivity contribution >= 4 is 11.3 Å².